The number of nitrogens with zero attached hydrogens (tertiary/aromatic N) is 3. The predicted octanol–water partition coefficient (Wildman–Crippen LogP) is 3.97. The van der Waals surface area contributed by atoms with Crippen molar-refractivity contribution in [3.05, 3.63) is 35.4 Å². The highest BCUT2D eigenvalue weighted by Crippen LogP contribution is 2.32. The van der Waals surface area contributed by atoms with Crippen molar-refractivity contribution in [3.8, 4) is 6.07 Å². The zero-order valence-electron chi connectivity index (χ0n) is 18.1. The number of likely N-dealkylation sites (tertiary alicyclic amines) is 2. The maximum atomic E-state index is 13.4. The van der Waals surface area contributed by atoms with Crippen LogP contribution in [0.3, 0.4) is 0 Å². The number of benzene rings is 1. The first-order valence-corrected chi connectivity index (χ1v) is 11.8. The van der Waals surface area contributed by atoms with Gasteiger partial charge in [0.05, 0.1) is 11.6 Å². The fraction of sp³-hybridized carbons (Fsp3) is 0.680. The molecule has 0 aromatic heterocycles. The van der Waals surface area contributed by atoms with Gasteiger partial charge < -0.3 is 9.64 Å². The molecule has 3 aliphatic heterocycles. The molecule has 0 unspecified atom stereocenters. The highest BCUT2D eigenvalue weighted by molar-refractivity contribution is 5.79. The third-order valence-electron chi connectivity index (χ3n) is 7.32. The lowest BCUT2D eigenvalue weighted by atomic mass is 9.85. The lowest BCUT2D eigenvalue weighted by molar-refractivity contribution is -0.142. The molecule has 30 heavy (non-hydrogen) atoms. The summed E-state index contributed by atoms with van der Waals surface area (Å²) in [4.78, 5) is 18.2. The second-order valence-electron chi connectivity index (χ2n) is 9.26. The van der Waals surface area contributed by atoms with Crippen LogP contribution in [-0.2, 0) is 16.1 Å². The lowest BCUT2D eigenvalue weighted by Crippen LogP contribution is -2.50. The van der Waals surface area contributed by atoms with Crippen LogP contribution in [0.2, 0.25) is 0 Å². The number of ether oxygens (including phenoxy) is 1. The highest BCUT2D eigenvalue weighted by Gasteiger charge is 2.36. The molecule has 162 valence electrons. The van der Waals surface area contributed by atoms with E-state index in [9.17, 15) is 4.79 Å². The SMILES string of the molecule is N#Cc1ccc(CN2CCC([C@H]3CCCCCN3C(=O)C3CCOCC3)CC2)cc1. The van der Waals surface area contributed by atoms with Gasteiger partial charge in [-0.05, 0) is 75.2 Å². The summed E-state index contributed by atoms with van der Waals surface area (Å²) >= 11 is 0. The second kappa shape index (κ2) is 10.4. The van der Waals surface area contributed by atoms with E-state index in [-0.39, 0.29) is 5.92 Å². The Labute approximate surface area is 181 Å². The smallest absolute Gasteiger partial charge is 0.226 e. The van der Waals surface area contributed by atoms with E-state index in [1.165, 1.54) is 37.7 Å². The summed E-state index contributed by atoms with van der Waals surface area (Å²) in [6.45, 7) is 5.58. The van der Waals surface area contributed by atoms with Crippen molar-refractivity contribution in [2.75, 3.05) is 32.8 Å². The van der Waals surface area contributed by atoms with Crippen LogP contribution in [0.4, 0.5) is 0 Å². The number of rotatable bonds is 4. The van der Waals surface area contributed by atoms with Crippen LogP contribution in [0.25, 0.3) is 0 Å². The molecule has 0 spiro atoms. The number of amides is 1. The van der Waals surface area contributed by atoms with Crippen LogP contribution in [-0.4, -0.2) is 54.6 Å². The van der Waals surface area contributed by atoms with Crippen LogP contribution in [0.15, 0.2) is 24.3 Å². The predicted molar refractivity (Wildman–Crippen MR) is 117 cm³/mol. The van der Waals surface area contributed by atoms with E-state index in [1.807, 2.05) is 12.1 Å². The minimum Gasteiger partial charge on any atom is -0.381 e. The van der Waals surface area contributed by atoms with Crippen LogP contribution in [0.1, 0.15) is 62.5 Å². The molecular weight excluding hydrogens is 374 g/mol. The van der Waals surface area contributed by atoms with Crippen LogP contribution >= 0.6 is 0 Å². The number of hydrogen-bond donors (Lipinski definition) is 0. The second-order valence-corrected chi connectivity index (χ2v) is 9.26. The Balaban J connectivity index is 1.35. The Hall–Kier alpha value is -1.90. The van der Waals surface area contributed by atoms with E-state index < -0.39 is 0 Å². The minimum absolute atomic E-state index is 0.177. The molecule has 1 aromatic rings. The first kappa shape index (κ1) is 21.3. The zero-order chi connectivity index (χ0) is 20.8. The van der Waals surface area contributed by atoms with Gasteiger partial charge in [-0.15, -0.1) is 0 Å². The summed E-state index contributed by atoms with van der Waals surface area (Å²) in [5.41, 5.74) is 2.00. The van der Waals surface area contributed by atoms with E-state index >= 15 is 0 Å². The van der Waals surface area contributed by atoms with Gasteiger partial charge in [0.25, 0.3) is 0 Å². The molecule has 0 radical (unpaired) electrons. The van der Waals surface area contributed by atoms with Crippen molar-refractivity contribution in [2.24, 2.45) is 11.8 Å². The molecule has 3 fully saturated rings. The monoisotopic (exact) mass is 409 g/mol. The molecule has 3 aliphatic rings. The normalized spacial score (nSPS) is 24.9. The van der Waals surface area contributed by atoms with Crippen molar-refractivity contribution < 1.29 is 9.53 Å². The average molecular weight is 410 g/mol. The number of carbonyl (C=O) groups excluding carboxylic acids is 1. The Kier molecular flexibility index (Phi) is 7.41. The molecule has 1 amide bonds. The molecule has 0 N–H and O–H groups in total. The lowest BCUT2D eigenvalue weighted by Gasteiger charge is -2.42. The summed E-state index contributed by atoms with van der Waals surface area (Å²) < 4.78 is 5.49. The average Bonchev–Trinajstić information content (AvgIpc) is 3.06. The Morgan fingerprint density at radius 3 is 2.40 bits per heavy atom. The van der Waals surface area contributed by atoms with Gasteiger partial charge in [-0.3, -0.25) is 9.69 Å². The van der Waals surface area contributed by atoms with E-state index in [1.54, 1.807) is 0 Å². The van der Waals surface area contributed by atoms with Gasteiger partial charge in [0.1, 0.15) is 0 Å². The molecule has 5 nitrogen and oxygen atoms in total. The number of piperidine rings is 1. The molecule has 1 aromatic carbocycles. The molecule has 3 heterocycles. The van der Waals surface area contributed by atoms with Crippen molar-refractivity contribution in [1.82, 2.24) is 9.80 Å². The van der Waals surface area contributed by atoms with Gasteiger partial charge in [0.2, 0.25) is 5.91 Å². The van der Waals surface area contributed by atoms with Gasteiger partial charge in [-0.2, -0.15) is 5.26 Å². The van der Waals surface area contributed by atoms with Gasteiger partial charge in [-0.1, -0.05) is 25.0 Å². The Morgan fingerprint density at radius 2 is 1.70 bits per heavy atom. The van der Waals surface area contributed by atoms with Gasteiger partial charge in [0, 0.05) is 38.3 Å². The summed E-state index contributed by atoms with van der Waals surface area (Å²) in [7, 11) is 0. The summed E-state index contributed by atoms with van der Waals surface area (Å²) in [5, 5.41) is 8.97. The van der Waals surface area contributed by atoms with Gasteiger partial charge in [-0.25, -0.2) is 0 Å². The van der Waals surface area contributed by atoms with E-state index in [0.717, 1.165) is 64.2 Å². The fourth-order valence-corrected chi connectivity index (χ4v) is 5.52. The van der Waals surface area contributed by atoms with Gasteiger partial charge >= 0.3 is 0 Å². The van der Waals surface area contributed by atoms with Crippen molar-refractivity contribution in [3.63, 3.8) is 0 Å². The Bertz CT molecular complexity index is 728. The van der Waals surface area contributed by atoms with Crippen LogP contribution < -0.4 is 0 Å². The topological polar surface area (TPSA) is 56.6 Å². The number of nitriles is 1. The van der Waals surface area contributed by atoms with Crippen molar-refractivity contribution >= 4 is 5.91 Å². The number of carbonyl (C=O) groups is 1. The molecule has 0 saturated carbocycles. The maximum absolute atomic E-state index is 13.4. The molecule has 0 aliphatic carbocycles. The van der Waals surface area contributed by atoms with E-state index in [4.69, 9.17) is 10.00 Å². The Morgan fingerprint density at radius 1 is 0.967 bits per heavy atom. The van der Waals surface area contributed by atoms with Crippen LogP contribution in [0, 0.1) is 23.2 Å². The first-order valence-electron chi connectivity index (χ1n) is 11.8. The molecule has 0 bridgehead atoms. The quantitative estimate of drug-likeness (QED) is 0.755. The number of hydrogen-bond acceptors (Lipinski definition) is 4. The van der Waals surface area contributed by atoms with Gasteiger partial charge in [0.15, 0.2) is 0 Å². The summed E-state index contributed by atoms with van der Waals surface area (Å²) in [6.07, 6.45) is 8.99. The third-order valence-corrected chi connectivity index (χ3v) is 7.32. The third kappa shape index (κ3) is 5.22. The van der Waals surface area contributed by atoms with Crippen LogP contribution in [0.5, 0.6) is 0 Å². The molecule has 3 saturated heterocycles. The highest BCUT2D eigenvalue weighted by atomic mass is 16.5. The van der Waals surface area contributed by atoms with E-state index in [2.05, 4.69) is 28.0 Å². The summed E-state index contributed by atoms with van der Waals surface area (Å²) in [5.74, 6) is 1.21. The first-order chi connectivity index (χ1) is 14.7. The summed E-state index contributed by atoms with van der Waals surface area (Å²) in [6, 6.07) is 10.6. The zero-order valence-corrected chi connectivity index (χ0v) is 18.1. The maximum Gasteiger partial charge on any atom is 0.226 e. The van der Waals surface area contributed by atoms with E-state index in [0.29, 0.717) is 17.9 Å². The molecule has 4 rings (SSSR count). The molecule has 1 atom stereocenters. The van der Waals surface area contributed by atoms with Crippen molar-refractivity contribution in [1.29, 1.82) is 5.26 Å². The standard InChI is InChI=1S/C25H35N3O2/c26-18-20-5-7-21(8-6-20)19-27-14-9-22(10-15-27)24-4-2-1-3-13-28(24)25(29)23-11-16-30-17-12-23/h5-8,22-24H,1-4,9-17,19H2/t24-/m1/s1. The largest absolute Gasteiger partial charge is 0.381 e. The fourth-order valence-electron chi connectivity index (χ4n) is 5.52. The van der Waals surface area contributed by atoms with Crippen molar-refractivity contribution in [2.45, 2.75) is 64.0 Å². The minimum atomic E-state index is 0.177. The molecule has 5 heteroatoms. The molecular formula is C25H35N3O2.